The van der Waals surface area contributed by atoms with E-state index in [4.69, 9.17) is 16.4 Å². The van der Waals surface area contributed by atoms with Gasteiger partial charge in [0.2, 0.25) is 0 Å². The first-order chi connectivity index (χ1) is 8.56. The summed E-state index contributed by atoms with van der Waals surface area (Å²) in [6.45, 7) is 2.76. The number of aryl methyl sites for hydroxylation is 1. The number of hydrogen-bond donors (Lipinski definition) is 0. The van der Waals surface area contributed by atoms with Gasteiger partial charge in [-0.25, -0.2) is 4.98 Å². The molecule has 2 aromatic rings. The number of hydroxylamine groups is 2. The van der Waals surface area contributed by atoms with Gasteiger partial charge in [-0.2, -0.15) is 5.06 Å². The first-order valence-corrected chi connectivity index (χ1v) is 6.84. The Balaban J connectivity index is 2.54. The van der Waals surface area contributed by atoms with Crippen molar-refractivity contribution >= 4 is 33.2 Å². The second-order valence-corrected chi connectivity index (χ2v) is 5.29. The van der Waals surface area contributed by atoms with Crippen molar-refractivity contribution < 1.29 is 4.84 Å². The predicted molar refractivity (Wildman–Crippen MR) is 75.8 cm³/mol. The normalized spacial score (nSPS) is 11.7. The van der Waals surface area contributed by atoms with Crippen LogP contribution in [0, 0.1) is 0 Å². The van der Waals surface area contributed by atoms with Gasteiger partial charge in [-0.05, 0) is 22.4 Å². The molecule has 0 spiro atoms. The summed E-state index contributed by atoms with van der Waals surface area (Å²) < 4.78 is 2.94. The molecule has 0 aliphatic heterocycles. The molecule has 2 heterocycles. The van der Waals surface area contributed by atoms with Crippen molar-refractivity contribution in [2.75, 3.05) is 14.2 Å². The average molecular weight is 333 g/mol. The van der Waals surface area contributed by atoms with Crippen LogP contribution in [0.5, 0.6) is 0 Å². The number of imidazole rings is 1. The van der Waals surface area contributed by atoms with Crippen molar-refractivity contribution in [3.8, 4) is 0 Å². The quantitative estimate of drug-likeness (QED) is 0.805. The van der Waals surface area contributed by atoms with Gasteiger partial charge in [-0.1, -0.05) is 18.5 Å². The third kappa shape index (κ3) is 2.54. The summed E-state index contributed by atoms with van der Waals surface area (Å²) in [5.41, 5.74) is 3.04. The summed E-state index contributed by atoms with van der Waals surface area (Å²) >= 11 is 9.53. The predicted octanol–water partition coefficient (Wildman–Crippen LogP) is 3.31. The third-order valence-corrected chi connectivity index (χ3v) is 4.04. The summed E-state index contributed by atoms with van der Waals surface area (Å²) in [5.74, 6) is 0. The van der Waals surface area contributed by atoms with Crippen molar-refractivity contribution in [2.45, 2.75) is 19.9 Å². The summed E-state index contributed by atoms with van der Waals surface area (Å²) in [5, 5.41) is 2.42. The molecule has 0 N–H and O–H groups in total. The molecule has 2 rings (SSSR count). The highest BCUT2D eigenvalue weighted by atomic mass is 79.9. The van der Waals surface area contributed by atoms with Crippen LogP contribution in [0.15, 0.2) is 16.7 Å². The molecular weight excluding hydrogens is 318 g/mol. The maximum absolute atomic E-state index is 6.09. The molecule has 0 saturated heterocycles. The molecule has 2 aromatic heterocycles. The number of nitrogens with zero attached hydrogens (tertiary/aromatic N) is 3. The fourth-order valence-corrected chi connectivity index (χ4v) is 2.38. The summed E-state index contributed by atoms with van der Waals surface area (Å²) in [6, 6.07) is 1.86. The van der Waals surface area contributed by atoms with Gasteiger partial charge in [0, 0.05) is 25.0 Å². The SMILES string of the molecule is CCc1c(CN(C)OC)nc2cc(Cl)c(Br)cn12. The standard InChI is InChI=1S/C12H15BrClN3O/c1-4-11-10(7-16(2)18-3)15-12-5-9(14)8(13)6-17(11)12/h5-6H,4,7H2,1-3H3. The van der Waals surface area contributed by atoms with Crippen LogP contribution in [-0.2, 0) is 17.8 Å². The van der Waals surface area contributed by atoms with Crippen LogP contribution < -0.4 is 0 Å². The molecule has 0 aliphatic rings. The van der Waals surface area contributed by atoms with Crippen LogP contribution in [0.4, 0.5) is 0 Å². The lowest BCUT2D eigenvalue weighted by atomic mass is 10.2. The second kappa shape index (κ2) is 5.57. The second-order valence-electron chi connectivity index (χ2n) is 4.02. The fraction of sp³-hybridized carbons (Fsp3) is 0.417. The maximum Gasteiger partial charge on any atom is 0.138 e. The minimum Gasteiger partial charge on any atom is -0.303 e. The maximum atomic E-state index is 6.09. The van der Waals surface area contributed by atoms with Crippen molar-refractivity contribution in [3.63, 3.8) is 0 Å². The number of halogens is 2. The van der Waals surface area contributed by atoms with Gasteiger partial charge in [-0.3, -0.25) is 0 Å². The average Bonchev–Trinajstić information content (AvgIpc) is 2.66. The summed E-state index contributed by atoms with van der Waals surface area (Å²) in [7, 11) is 3.53. The van der Waals surface area contributed by atoms with Crippen molar-refractivity contribution in [2.24, 2.45) is 0 Å². The summed E-state index contributed by atoms with van der Waals surface area (Å²) in [4.78, 5) is 9.76. The fourth-order valence-electron chi connectivity index (χ4n) is 1.91. The molecule has 4 nitrogen and oxygen atoms in total. The minimum absolute atomic E-state index is 0.649. The zero-order valence-electron chi connectivity index (χ0n) is 10.6. The van der Waals surface area contributed by atoms with Crippen LogP contribution in [0.1, 0.15) is 18.3 Å². The minimum atomic E-state index is 0.649. The van der Waals surface area contributed by atoms with E-state index in [2.05, 4.69) is 32.2 Å². The monoisotopic (exact) mass is 331 g/mol. The van der Waals surface area contributed by atoms with E-state index < -0.39 is 0 Å². The highest BCUT2D eigenvalue weighted by molar-refractivity contribution is 9.10. The topological polar surface area (TPSA) is 29.8 Å². The molecule has 0 aliphatic carbocycles. The third-order valence-electron chi connectivity index (χ3n) is 2.87. The number of rotatable bonds is 4. The number of fused-ring (bicyclic) bond motifs is 1. The summed E-state index contributed by atoms with van der Waals surface area (Å²) in [6.07, 6.45) is 2.86. The van der Waals surface area contributed by atoms with Gasteiger partial charge in [-0.15, -0.1) is 0 Å². The van der Waals surface area contributed by atoms with E-state index in [0.717, 1.165) is 22.2 Å². The van der Waals surface area contributed by atoms with Crippen LogP contribution in [0.3, 0.4) is 0 Å². The molecule has 0 radical (unpaired) electrons. The molecule has 0 amide bonds. The lowest BCUT2D eigenvalue weighted by Crippen LogP contribution is -2.17. The van der Waals surface area contributed by atoms with Crippen molar-refractivity contribution in [1.29, 1.82) is 0 Å². The molecule has 98 valence electrons. The van der Waals surface area contributed by atoms with Gasteiger partial charge < -0.3 is 9.24 Å². The first kappa shape index (κ1) is 13.8. The zero-order valence-corrected chi connectivity index (χ0v) is 12.9. The molecule has 0 unspecified atom stereocenters. The largest absolute Gasteiger partial charge is 0.303 e. The highest BCUT2D eigenvalue weighted by Gasteiger charge is 2.13. The molecule has 0 fully saturated rings. The van der Waals surface area contributed by atoms with Crippen LogP contribution in [-0.4, -0.2) is 28.6 Å². The van der Waals surface area contributed by atoms with Crippen LogP contribution >= 0.6 is 27.5 Å². The lowest BCUT2D eigenvalue weighted by Gasteiger charge is -2.12. The van der Waals surface area contributed by atoms with E-state index in [0.29, 0.717) is 11.6 Å². The Bertz CT molecular complexity index is 570. The smallest absolute Gasteiger partial charge is 0.138 e. The van der Waals surface area contributed by atoms with Gasteiger partial charge in [0.25, 0.3) is 0 Å². The number of aromatic nitrogens is 2. The first-order valence-electron chi connectivity index (χ1n) is 5.67. The van der Waals surface area contributed by atoms with E-state index in [1.165, 1.54) is 5.69 Å². The Kier molecular flexibility index (Phi) is 4.27. The molecule has 0 saturated carbocycles. The molecule has 0 bridgehead atoms. The van der Waals surface area contributed by atoms with Gasteiger partial charge in [0.05, 0.1) is 28.8 Å². The number of pyridine rings is 1. The van der Waals surface area contributed by atoms with Gasteiger partial charge >= 0.3 is 0 Å². The Morgan fingerprint density at radius 1 is 1.56 bits per heavy atom. The van der Waals surface area contributed by atoms with Crippen LogP contribution in [0.2, 0.25) is 5.02 Å². The molecular formula is C12H15BrClN3O. The van der Waals surface area contributed by atoms with Crippen molar-refractivity contribution in [1.82, 2.24) is 14.4 Å². The molecule has 0 atom stereocenters. The van der Waals surface area contributed by atoms with Gasteiger partial charge in [0.1, 0.15) is 5.65 Å². The van der Waals surface area contributed by atoms with E-state index >= 15 is 0 Å². The van der Waals surface area contributed by atoms with Gasteiger partial charge in [0.15, 0.2) is 0 Å². The lowest BCUT2D eigenvalue weighted by molar-refractivity contribution is -0.117. The molecule has 0 aromatic carbocycles. The van der Waals surface area contributed by atoms with E-state index in [1.807, 2.05) is 19.3 Å². The van der Waals surface area contributed by atoms with E-state index in [1.54, 1.807) is 12.2 Å². The number of hydrogen-bond acceptors (Lipinski definition) is 3. The zero-order chi connectivity index (χ0) is 13.3. The Morgan fingerprint density at radius 3 is 2.89 bits per heavy atom. The Morgan fingerprint density at radius 2 is 2.28 bits per heavy atom. The molecule has 18 heavy (non-hydrogen) atoms. The van der Waals surface area contributed by atoms with Crippen LogP contribution in [0.25, 0.3) is 5.65 Å². The van der Waals surface area contributed by atoms with E-state index in [-0.39, 0.29) is 0 Å². The Labute approximate surface area is 120 Å². The molecule has 6 heteroatoms. The van der Waals surface area contributed by atoms with E-state index in [9.17, 15) is 0 Å². The Hall–Kier alpha value is -0.620. The highest BCUT2D eigenvalue weighted by Crippen LogP contribution is 2.26. The van der Waals surface area contributed by atoms with Crippen molar-refractivity contribution in [3.05, 3.63) is 33.1 Å².